The second-order valence-corrected chi connectivity index (χ2v) is 9.48. The molecule has 0 aromatic heterocycles. The Bertz CT molecular complexity index is 926. The fourth-order valence-corrected chi connectivity index (χ4v) is 3.48. The summed E-state index contributed by atoms with van der Waals surface area (Å²) in [4.78, 5) is 39.2. The van der Waals surface area contributed by atoms with Crippen LogP contribution >= 0.6 is 22.6 Å². The molecule has 0 radical (unpaired) electrons. The monoisotopic (exact) mass is 537 g/mol. The lowest BCUT2D eigenvalue weighted by molar-refractivity contribution is -0.122. The van der Waals surface area contributed by atoms with Crippen molar-refractivity contribution in [3.8, 4) is 0 Å². The Balaban J connectivity index is 2.41. The van der Waals surface area contributed by atoms with Crippen LogP contribution < -0.4 is 10.7 Å². The van der Waals surface area contributed by atoms with Crippen LogP contribution in [-0.2, 0) is 9.53 Å². The Labute approximate surface area is 196 Å². The van der Waals surface area contributed by atoms with Crippen LogP contribution in [0.3, 0.4) is 0 Å². The maximum Gasteiger partial charge on any atom is 0.426 e. The first kappa shape index (κ1) is 24.6. The number of nitrogens with one attached hydrogen (secondary N) is 2. The summed E-state index contributed by atoms with van der Waals surface area (Å²) < 4.78 is 6.04. The fourth-order valence-electron chi connectivity index (χ4n) is 2.87. The third-order valence-electron chi connectivity index (χ3n) is 4.15. The van der Waals surface area contributed by atoms with Crippen molar-refractivity contribution in [2.75, 3.05) is 5.32 Å². The summed E-state index contributed by atoms with van der Waals surface area (Å²) in [5.74, 6) is -1.22. The van der Waals surface area contributed by atoms with E-state index >= 15 is 0 Å². The van der Waals surface area contributed by atoms with Gasteiger partial charge in [0.25, 0.3) is 5.91 Å². The highest BCUT2D eigenvalue weighted by molar-refractivity contribution is 14.1. The number of hydrogen-bond donors (Lipinski definition) is 2. The standard InChI is InChI=1S/C23H28IN3O4/c1-15(2)19(20(28)25-16-11-7-6-8-12-16)27(26-22(30)31-23(3,4)5)21(29)17-13-9-10-14-18(17)24/h6-15,19H,1-5H3,(H,25,28)(H,26,30). The van der Waals surface area contributed by atoms with Gasteiger partial charge < -0.3 is 10.1 Å². The zero-order chi connectivity index (χ0) is 23.2. The molecule has 1 unspecified atom stereocenters. The molecule has 0 fully saturated rings. The topological polar surface area (TPSA) is 87.7 Å². The molecule has 0 bridgehead atoms. The van der Waals surface area contributed by atoms with Gasteiger partial charge in [-0.15, -0.1) is 0 Å². The normalized spacial score (nSPS) is 12.1. The van der Waals surface area contributed by atoms with Crippen LogP contribution in [0.15, 0.2) is 54.6 Å². The molecule has 0 aliphatic rings. The summed E-state index contributed by atoms with van der Waals surface area (Å²) in [6.45, 7) is 8.78. The number of anilines is 1. The number of para-hydroxylation sites is 1. The van der Waals surface area contributed by atoms with Crippen LogP contribution in [-0.4, -0.2) is 34.6 Å². The minimum absolute atomic E-state index is 0.302. The molecular weight excluding hydrogens is 509 g/mol. The molecule has 2 rings (SSSR count). The molecule has 2 aromatic rings. The number of ether oxygens (including phenoxy) is 1. The van der Waals surface area contributed by atoms with E-state index in [2.05, 4.69) is 10.7 Å². The summed E-state index contributed by atoms with van der Waals surface area (Å²) in [6, 6.07) is 15.0. The summed E-state index contributed by atoms with van der Waals surface area (Å²) in [7, 11) is 0. The maximum absolute atomic E-state index is 13.4. The Morgan fingerprint density at radius 2 is 1.55 bits per heavy atom. The van der Waals surface area contributed by atoms with Gasteiger partial charge in [-0.05, 0) is 73.5 Å². The van der Waals surface area contributed by atoms with Crippen LogP contribution in [0.25, 0.3) is 0 Å². The van der Waals surface area contributed by atoms with Crippen molar-refractivity contribution in [2.45, 2.75) is 46.3 Å². The van der Waals surface area contributed by atoms with Gasteiger partial charge in [-0.25, -0.2) is 15.2 Å². The van der Waals surface area contributed by atoms with Gasteiger partial charge in [-0.2, -0.15) is 0 Å². The number of hydrazine groups is 1. The van der Waals surface area contributed by atoms with Crippen LogP contribution in [0.2, 0.25) is 0 Å². The first-order valence-electron chi connectivity index (χ1n) is 9.93. The number of carbonyl (C=O) groups excluding carboxylic acids is 3. The van der Waals surface area contributed by atoms with E-state index in [1.807, 2.05) is 48.6 Å². The van der Waals surface area contributed by atoms with Gasteiger partial charge in [-0.1, -0.05) is 44.2 Å². The SMILES string of the molecule is CC(C)C(C(=O)Nc1ccccc1)N(NC(=O)OC(C)(C)C)C(=O)c1ccccc1I. The van der Waals surface area contributed by atoms with Crippen molar-refractivity contribution >= 4 is 46.2 Å². The first-order valence-corrected chi connectivity index (χ1v) is 11.0. The largest absolute Gasteiger partial charge is 0.443 e. The van der Waals surface area contributed by atoms with Crippen LogP contribution in [0, 0.1) is 9.49 Å². The molecule has 0 spiro atoms. The molecule has 8 heteroatoms. The van der Waals surface area contributed by atoms with Crippen molar-refractivity contribution in [3.63, 3.8) is 0 Å². The Morgan fingerprint density at radius 3 is 2.10 bits per heavy atom. The lowest BCUT2D eigenvalue weighted by atomic mass is 10.0. The van der Waals surface area contributed by atoms with Crippen molar-refractivity contribution in [3.05, 3.63) is 63.7 Å². The molecule has 7 nitrogen and oxygen atoms in total. The molecule has 0 saturated carbocycles. The molecule has 31 heavy (non-hydrogen) atoms. The van der Waals surface area contributed by atoms with Gasteiger partial charge in [-0.3, -0.25) is 9.59 Å². The summed E-state index contributed by atoms with van der Waals surface area (Å²) in [6.07, 6.45) is -0.815. The van der Waals surface area contributed by atoms with E-state index in [1.165, 1.54) is 0 Å². The van der Waals surface area contributed by atoms with Gasteiger partial charge in [0.1, 0.15) is 11.6 Å². The molecule has 0 aliphatic carbocycles. The van der Waals surface area contributed by atoms with Gasteiger partial charge in [0.05, 0.1) is 5.56 Å². The number of carbonyl (C=O) groups is 3. The zero-order valence-corrected chi connectivity index (χ0v) is 20.5. The molecule has 1 atom stereocenters. The van der Waals surface area contributed by atoms with Crippen molar-refractivity contribution < 1.29 is 19.1 Å². The highest BCUT2D eigenvalue weighted by Crippen LogP contribution is 2.20. The molecule has 0 aliphatic heterocycles. The lowest BCUT2D eigenvalue weighted by Crippen LogP contribution is -2.58. The van der Waals surface area contributed by atoms with Crippen molar-refractivity contribution in [1.29, 1.82) is 0 Å². The quantitative estimate of drug-likeness (QED) is 0.423. The van der Waals surface area contributed by atoms with E-state index in [0.717, 1.165) is 5.01 Å². The van der Waals surface area contributed by atoms with Crippen LogP contribution in [0.1, 0.15) is 45.0 Å². The van der Waals surface area contributed by atoms with Crippen molar-refractivity contribution in [1.82, 2.24) is 10.4 Å². The predicted molar refractivity (Wildman–Crippen MR) is 128 cm³/mol. The Kier molecular flexibility index (Phi) is 8.43. The van der Waals surface area contributed by atoms with Gasteiger partial charge >= 0.3 is 6.09 Å². The van der Waals surface area contributed by atoms with Crippen LogP contribution in [0.4, 0.5) is 10.5 Å². The first-order chi connectivity index (χ1) is 14.5. The number of halogens is 1. The van der Waals surface area contributed by atoms with E-state index in [0.29, 0.717) is 14.8 Å². The molecular formula is C23H28IN3O4. The van der Waals surface area contributed by atoms with Crippen LogP contribution in [0.5, 0.6) is 0 Å². The van der Waals surface area contributed by atoms with Crippen molar-refractivity contribution in [2.24, 2.45) is 5.92 Å². The second kappa shape index (κ2) is 10.6. The van der Waals surface area contributed by atoms with Gasteiger partial charge in [0.2, 0.25) is 5.91 Å². The highest BCUT2D eigenvalue weighted by atomic mass is 127. The molecule has 0 saturated heterocycles. The number of benzene rings is 2. The van der Waals surface area contributed by atoms with E-state index < -0.39 is 29.6 Å². The molecule has 166 valence electrons. The van der Waals surface area contributed by atoms with E-state index in [1.54, 1.807) is 63.2 Å². The minimum Gasteiger partial charge on any atom is -0.443 e. The third-order valence-corrected chi connectivity index (χ3v) is 5.09. The second-order valence-electron chi connectivity index (χ2n) is 8.31. The summed E-state index contributed by atoms with van der Waals surface area (Å²) in [5, 5.41) is 3.88. The molecule has 0 heterocycles. The van der Waals surface area contributed by atoms with Gasteiger partial charge in [0, 0.05) is 9.26 Å². The fraction of sp³-hybridized carbons (Fsp3) is 0.348. The van der Waals surface area contributed by atoms with E-state index in [-0.39, 0.29) is 5.92 Å². The number of rotatable bonds is 5. The predicted octanol–water partition coefficient (Wildman–Crippen LogP) is 4.84. The Morgan fingerprint density at radius 1 is 0.968 bits per heavy atom. The average Bonchev–Trinajstić information content (AvgIpc) is 2.66. The maximum atomic E-state index is 13.4. The molecule has 2 aromatic carbocycles. The molecule has 3 amide bonds. The number of nitrogens with zero attached hydrogens (tertiary/aromatic N) is 1. The molecule has 2 N–H and O–H groups in total. The highest BCUT2D eigenvalue weighted by Gasteiger charge is 2.36. The van der Waals surface area contributed by atoms with Gasteiger partial charge in [0.15, 0.2) is 0 Å². The number of amides is 3. The number of hydrogen-bond acceptors (Lipinski definition) is 4. The lowest BCUT2D eigenvalue weighted by Gasteiger charge is -2.34. The minimum atomic E-state index is -0.976. The zero-order valence-electron chi connectivity index (χ0n) is 18.3. The summed E-state index contributed by atoms with van der Waals surface area (Å²) in [5.41, 5.74) is 2.71. The smallest absolute Gasteiger partial charge is 0.426 e. The summed E-state index contributed by atoms with van der Waals surface area (Å²) >= 11 is 2.05. The third kappa shape index (κ3) is 7.23. The van der Waals surface area contributed by atoms with E-state index in [4.69, 9.17) is 4.74 Å². The average molecular weight is 537 g/mol. The Hall–Kier alpha value is -2.62. The van der Waals surface area contributed by atoms with E-state index in [9.17, 15) is 14.4 Å².